The fraction of sp³-hybridized carbons (Fsp3) is 0.125. The minimum absolute atomic E-state index is 0.116. The molecule has 1 amide bonds. The van der Waals surface area contributed by atoms with E-state index in [1.165, 1.54) is 0 Å². The Hall–Kier alpha value is -3.93. The molecule has 0 aliphatic carbocycles. The Kier molecular flexibility index (Phi) is 6.15. The summed E-state index contributed by atoms with van der Waals surface area (Å²) >= 11 is 0. The van der Waals surface area contributed by atoms with Gasteiger partial charge in [0.1, 0.15) is 0 Å². The van der Waals surface area contributed by atoms with E-state index in [4.69, 9.17) is 4.42 Å². The Labute approximate surface area is 175 Å². The van der Waals surface area contributed by atoms with Crippen LogP contribution in [0.5, 0.6) is 0 Å². The van der Waals surface area contributed by atoms with Crippen LogP contribution in [0, 0.1) is 0 Å². The molecule has 0 bridgehead atoms. The van der Waals surface area contributed by atoms with E-state index < -0.39 is 0 Å². The molecule has 4 rings (SSSR count). The molecule has 3 aromatic carbocycles. The van der Waals surface area contributed by atoms with Crippen LogP contribution in [-0.4, -0.2) is 16.1 Å². The first-order valence-corrected chi connectivity index (χ1v) is 9.82. The van der Waals surface area contributed by atoms with Gasteiger partial charge in [-0.1, -0.05) is 66.7 Å². The lowest BCUT2D eigenvalue weighted by Gasteiger charge is -2.25. The maximum Gasteiger partial charge on any atom is 0.247 e. The largest absolute Gasteiger partial charge is 0.421 e. The number of amides is 1. The van der Waals surface area contributed by atoms with Crippen molar-refractivity contribution in [2.45, 2.75) is 19.4 Å². The van der Waals surface area contributed by atoms with E-state index in [-0.39, 0.29) is 12.3 Å². The molecule has 1 N–H and O–H groups in total. The van der Waals surface area contributed by atoms with Crippen LogP contribution in [0.25, 0.3) is 11.5 Å². The first kappa shape index (κ1) is 19.4. The van der Waals surface area contributed by atoms with Crippen LogP contribution >= 0.6 is 0 Å². The summed E-state index contributed by atoms with van der Waals surface area (Å²) in [7, 11) is 0. The van der Waals surface area contributed by atoms with Gasteiger partial charge >= 0.3 is 0 Å². The molecular formula is C24H22N4O2. The smallest absolute Gasteiger partial charge is 0.247 e. The predicted octanol–water partition coefficient (Wildman–Crippen LogP) is 4.41. The Balaban J connectivity index is 1.39. The molecule has 30 heavy (non-hydrogen) atoms. The minimum atomic E-state index is -0.116. The number of nitrogens with zero attached hydrogens (tertiary/aromatic N) is 3. The molecule has 0 atom stereocenters. The topological polar surface area (TPSA) is 71.3 Å². The highest BCUT2D eigenvalue weighted by molar-refractivity contribution is 5.78. The van der Waals surface area contributed by atoms with Crippen molar-refractivity contribution in [3.05, 3.63) is 102 Å². The van der Waals surface area contributed by atoms with Crippen LogP contribution in [0.1, 0.15) is 17.9 Å². The van der Waals surface area contributed by atoms with Crippen molar-refractivity contribution >= 4 is 11.6 Å². The van der Waals surface area contributed by atoms with Crippen molar-refractivity contribution in [1.82, 2.24) is 15.6 Å². The number of anilines is 1. The Morgan fingerprint density at radius 1 is 0.833 bits per heavy atom. The van der Waals surface area contributed by atoms with E-state index in [1.54, 1.807) is 0 Å². The van der Waals surface area contributed by atoms with Crippen molar-refractivity contribution in [3.8, 4) is 11.5 Å². The van der Waals surface area contributed by atoms with Crippen LogP contribution in [0.3, 0.4) is 0 Å². The van der Waals surface area contributed by atoms with Gasteiger partial charge in [-0.3, -0.25) is 15.2 Å². The van der Waals surface area contributed by atoms with Gasteiger partial charge in [0, 0.05) is 18.4 Å². The summed E-state index contributed by atoms with van der Waals surface area (Å²) in [6.45, 7) is 0.565. The van der Waals surface area contributed by atoms with Gasteiger partial charge in [0.05, 0.1) is 12.2 Å². The first-order chi connectivity index (χ1) is 14.8. The number of para-hydroxylation sites is 1. The number of aryl methyl sites for hydroxylation is 1. The normalized spacial score (nSPS) is 10.5. The third-order valence-electron chi connectivity index (χ3n) is 4.56. The number of hydrogen-bond donors (Lipinski definition) is 1. The molecule has 0 saturated heterocycles. The first-order valence-electron chi connectivity index (χ1n) is 9.82. The fourth-order valence-electron chi connectivity index (χ4n) is 3.05. The molecule has 0 radical (unpaired) electrons. The lowest BCUT2D eigenvalue weighted by molar-refractivity contribution is -0.121. The second-order valence-corrected chi connectivity index (χ2v) is 6.81. The maximum absolute atomic E-state index is 12.6. The van der Waals surface area contributed by atoms with Gasteiger partial charge in [0.15, 0.2) is 0 Å². The minimum Gasteiger partial charge on any atom is -0.421 e. The molecular weight excluding hydrogens is 376 g/mol. The molecule has 1 heterocycles. The molecule has 150 valence electrons. The van der Waals surface area contributed by atoms with Crippen molar-refractivity contribution in [1.29, 1.82) is 0 Å². The maximum atomic E-state index is 12.6. The molecule has 0 spiro atoms. The number of benzene rings is 3. The summed E-state index contributed by atoms with van der Waals surface area (Å²) in [6.07, 6.45) is 0.619. The monoisotopic (exact) mass is 398 g/mol. The Bertz CT molecular complexity index is 1070. The molecule has 6 nitrogen and oxygen atoms in total. The zero-order chi connectivity index (χ0) is 20.6. The zero-order valence-corrected chi connectivity index (χ0v) is 16.4. The Morgan fingerprint density at radius 3 is 2.17 bits per heavy atom. The highest BCUT2D eigenvalue weighted by atomic mass is 16.4. The standard InChI is InChI=1S/C24H22N4O2/c29-22(16-17-23-25-26-24(30-23)20-12-6-2-7-13-20)27-28(21-14-8-3-9-15-21)18-19-10-4-1-5-11-19/h1-15H,16-18H2,(H,27,29). The number of hydrogen-bond acceptors (Lipinski definition) is 5. The van der Waals surface area contributed by atoms with Gasteiger partial charge in [-0.15, -0.1) is 10.2 Å². The number of rotatable bonds is 8. The quantitative estimate of drug-likeness (QED) is 0.445. The van der Waals surface area contributed by atoms with Gasteiger partial charge in [-0.2, -0.15) is 0 Å². The van der Waals surface area contributed by atoms with Crippen LogP contribution < -0.4 is 10.4 Å². The van der Waals surface area contributed by atoms with Gasteiger partial charge in [-0.05, 0) is 29.8 Å². The third-order valence-corrected chi connectivity index (χ3v) is 4.56. The second-order valence-electron chi connectivity index (χ2n) is 6.81. The number of nitrogens with one attached hydrogen (secondary N) is 1. The summed E-state index contributed by atoms with van der Waals surface area (Å²) in [5.41, 5.74) is 5.87. The predicted molar refractivity (Wildman–Crippen MR) is 115 cm³/mol. The molecule has 0 unspecified atom stereocenters. The molecule has 1 aromatic heterocycles. The number of hydrazine groups is 1. The third kappa shape index (κ3) is 5.11. The van der Waals surface area contributed by atoms with Crippen LogP contribution in [0.4, 0.5) is 5.69 Å². The average molecular weight is 398 g/mol. The number of aromatic nitrogens is 2. The highest BCUT2D eigenvalue weighted by Crippen LogP contribution is 2.18. The van der Waals surface area contributed by atoms with Crippen molar-refractivity contribution in [2.75, 3.05) is 5.01 Å². The zero-order valence-electron chi connectivity index (χ0n) is 16.4. The van der Waals surface area contributed by atoms with Crippen molar-refractivity contribution < 1.29 is 9.21 Å². The summed E-state index contributed by atoms with van der Waals surface area (Å²) in [5, 5.41) is 9.98. The Morgan fingerprint density at radius 2 is 1.47 bits per heavy atom. The number of carbonyl (C=O) groups is 1. The van der Waals surface area contributed by atoms with E-state index in [2.05, 4.69) is 15.6 Å². The summed E-state index contributed by atoms with van der Waals surface area (Å²) in [6, 6.07) is 29.4. The molecule has 6 heteroatoms. The van der Waals surface area contributed by atoms with Gasteiger partial charge in [0.25, 0.3) is 0 Å². The highest BCUT2D eigenvalue weighted by Gasteiger charge is 2.14. The summed E-state index contributed by atoms with van der Waals surface area (Å²) in [4.78, 5) is 12.6. The fourth-order valence-corrected chi connectivity index (χ4v) is 3.05. The van der Waals surface area contributed by atoms with Crippen LogP contribution in [0.2, 0.25) is 0 Å². The SMILES string of the molecule is O=C(CCc1nnc(-c2ccccc2)o1)NN(Cc1ccccc1)c1ccccc1. The van der Waals surface area contributed by atoms with Crippen molar-refractivity contribution in [3.63, 3.8) is 0 Å². The van der Waals surface area contributed by atoms with Gasteiger partial charge < -0.3 is 4.42 Å². The lowest BCUT2D eigenvalue weighted by Crippen LogP contribution is -2.42. The molecule has 0 saturated carbocycles. The number of carbonyl (C=O) groups excluding carboxylic acids is 1. The van der Waals surface area contributed by atoms with Crippen molar-refractivity contribution in [2.24, 2.45) is 0 Å². The molecule has 0 aliphatic rings. The van der Waals surface area contributed by atoms with E-state index >= 15 is 0 Å². The average Bonchev–Trinajstić information content (AvgIpc) is 3.28. The molecule has 0 aliphatic heterocycles. The van der Waals surface area contributed by atoms with Gasteiger partial charge in [-0.25, -0.2) is 0 Å². The summed E-state index contributed by atoms with van der Waals surface area (Å²) < 4.78 is 5.69. The van der Waals surface area contributed by atoms with E-state index in [0.717, 1.165) is 16.8 Å². The van der Waals surface area contributed by atoms with E-state index in [1.807, 2.05) is 96.0 Å². The molecule has 4 aromatic rings. The summed E-state index contributed by atoms with van der Waals surface area (Å²) in [5.74, 6) is 0.786. The van der Waals surface area contributed by atoms with E-state index in [0.29, 0.717) is 24.7 Å². The molecule has 0 fully saturated rings. The second kappa shape index (κ2) is 9.52. The van der Waals surface area contributed by atoms with Crippen LogP contribution in [0.15, 0.2) is 95.4 Å². The van der Waals surface area contributed by atoms with E-state index in [9.17, 15) is 4.79 Å². The lowest BCUT2D eigenvalue weighted by atomic mass is 10.2. The van der Waals surface area contributed by atoms with Crippen LogP contribution in [-0.2, 0) is 17.8 Å². The van der Waals surface area contributed by atoms with Gasteiger partial charge in [0.2, 0.25) is 17.7 Å².